The summed E-state index contributed by atoms with van der Waals surface area (Å²) in [7, 11) is 0. The van der Waals surface area contributed by atoms with E-state index in [1.807, 2.05) is 12.1 Å². The lowest BCUT2D eigenvalue weighted by molar-refractivity contribution is -0.384. The zero-order valence-corrected chi connectivity index (χ0v) is 14.4. The van der Waals surface area contributed by atoms with Crippen molar-refractivity contribution in [3.8, 4) is 0 Å². The summed E-state index contributed by atoms with van der Waals surface area (Å²) in [6.45, 7) is 2.89. The second-order valence-corrected chi connectivity index (χ2v) is 7.12. The number of amidine groups is 1. The van der Waals surface area contributed by atoms with Crippen molar-refractivity contribution >= 4 is 17.2 Å². The molecule has 1 fully saturated rings. The van der Waals surface area contributed by atoms with Gasteiger partial charge in [-0.2, -0.15) is 0 Å². The van der Waals surface area contributed by atoms with Gasteiger partial charge in [0.1, 0.15) is 12.0 Å². The van der Waals surface area contributed by atoms with Crippen LogP contribution in [0.5, 0.6) is 0 Å². The Morgan fingerprint density at radius 3 is 2.65 bits per heavy atom. The summed E-state index contributed by atoms with van der Waals surface area (Å²) in [6.07, 6.45) is 2.36. The van der Waals surface area contributed by atoms with Gasteiger partial charge in [0.2, 0.25) is 0 Å². The number of fused-ring (bicyclic) bond motifs is 6. The number of benzene rings is 2. The molecule has 1 saturated heterocycles. The average molecular weight is 348 g/mol. The highest BCUT2D eigenvalue weighted by atomic mass is 16.6. The number of anilines is 1. The van der Waals surface area contributed by atoms with Crippen LogP contribution in [0.4, 0.5) is 11.4 Å². The van der Waals surface area contributed by atoms with E-state index in [1.165, 1.54) is 16.8 Å². The second-order valence-electron chi connectivity index (χ2n) is 7.12. The lowest BCUT2D eigenvalue weighted by Crippen LogP contribution is -2.56. The van der Waals surface area contributed by atoms with Gasteiger partial charge in [-0.3, -0.25) is 15.1 Å². The van der Waals surface area contributed by atoms with Crippen molar-refractivity contribution in [2.75, 3.05) is 24.5 Å². The molecule has 2 unspecified atom stereocenters. The zero-order valence-electron chi connectivity index (χ0n) is 14.4. The molecule has 6 heteroatoms. The molecule has 0 saturated carbocycles. The number of non-ortho nitro benzene ring substituents is 1. The normalized spacial score (nSPS) is 23.8. The fourth-order valence-electron chi connectivity index (χ4n) is 4.64. The predicted molar refractivity (Wildman–Crippen MR) is 101 cm³/mol. The van der Waals surface area contributed by atoms with Crippen molar-refractivity contribution in [3.05, 3.63) is 69.8 Å². The zero-order chi connectivity index (χ0) is 17.7. The number of rotatable bonds is 2. The molecule has 0 aliphatic carbocycles. The first kappa shape index (κ1) is 15.4. The molecule has 0 radical (unpaired) electrons. The van der Waals surface area contributed by atoms with E-state index in [4.69, 9.17) is 4.99 Å². The highest BCUT2D eigenvalue weighted by molar-refractivity contribution is 6.06. The molecule has 26 heavy (non-hydrogen) atoms. The summed E-state index contributed by atoms with van der Waals surface area (Å²) in [5.74, 6) is 1.44. The molecule has 3 aliphatic heterocycles. The third-order valence-corrected chi connectivity index (χ3v) is 5.76. The van der Waals surface area contributed by atoms with Crippen LogP contribution in [-0.2, 0) is 0 Å². The minimum absolute atomic E-state index is 0.151. The third kappa shape index (κ3) is 2.21. The Balaban J connectivity index is 1.57. The van der Waals surface area contributed by atoms with E-state index in [0.717, 1.165) is 38.3 Å². The van der Waals surface area contributed by atoms with Gasteiger partial charge in [-0.15, -0.1) is 0 Å². The molecule has 3 aliphatic rings. The molecular weight excluding hydrogens is 328 g/mol. The Bertz CT molecular complexity index is 893. The Hall–Kier alpha value is -2.89. The maximum atomic E-state index is 11.0. The van der Waals surface area contributed by atoms with Crippen molar-refractivity contribution in [2.24, 2.45) is 4.99 Å². The van der Waals surface area contributed by atoms with Crippen LogP contribution >= 0.6 is 0 Å². The van der Waals surface area contributed by atoms with Gasteiger partial charge in [0.25, 0.3) is 5.69 Å². The molecule has 0 amide bonds. The maximum absolute atomic E-state index is 11.0. The average Bonchev–Trinajstić information content (AvgIpc) is 3.14. The largest absolute Gasteiger partial charge is 0.350 e. The van der Waals surface area contributed by atoms with E-state index < -0.39 is 0 Å². The van der Waals surface area contributed by atoms with Gasteiger partial charge in [0, 0.05) is 48.9 Å². The molecular formula is C20H20N4O2. The molecule has 132 valence electrons. The molecule has 0 spiro atoms. The summed E-state index contributed by atoms with van der Waals surface area (Å²) in [6, 6.07) is 15.6. The maximum Gasteiger partial charge on any atom is 0.269 e. The Kier molecular flexibility index (Phi) is 3.45. The first-order valence-corrected chi connectivity index (χ1v) is 9.15. The first-order chi connectivity index (χ1) is 12.7. The minimum Gasteiger partial charge on any atom is -0.350 e. The molecule has 2 atom stereocenters. The van der Waals surface area contributed by atoms with Gasteiger partial charge in [-0.1, -0.05) is 24.3 Å². The molecule has 2 aromatic carbocycles. The highest BCUT2D eigenvalue weighted by Gasteiger charge is 2.45. The lowest BCUT2D eigenvalue weighted by Gasteiger charge is -2.47. The molecule has 0 N–H and O–H groups in total. The molecule has 6 nitrogen and oxygen atoms in total. The van der Waals surface area contributed by atoms with Crippen LogP contribution in [-0.4, -0.2) is 41.5 Å². The van der Waals surface area contributed by atoms with Crippen LogP contribution < -0.4 is 4.90 Å². The number of hydrogen-bond donors (Lipinski definition) is 0. The third-order valence-electron chi connectivity index (χ3n) is 5.76. The van der Waals surface area contributed by atoms with Crippen molar-refractivity contribution in [2.45, 2.75) is 24.9 Å². The monoisotopic (exact) mass is 348 g/mol. The van der Waals surface area contributed by atoms with Crippen molar-refractivity contribution < 1.29 is 4.92 Å². The Morgan fingerprint density at radius 1 is 1.04 bits per heavy atom. The standard InChI is InChI=1S/C20H20N4O2/c25-24(26)15-8-6-14(7-9-15)16-10-13-22-18-5-2-1-4-17(18)19-21-11-3-12-23(19)20(16)22/h1-2,4-9,16,20H,3,10-13H2. The van der Waals surface area contributed by atoms with E-state index in [2.05, 4.69) is 34.1 Å². The Labute approximate surface area is 151 Å². The fraction of sp³-hybridized carbons (Fsp3) is 0.350. The SMILES string of the molecule is O=[N+]([O-])c1ccc(C2CCN3c4ccccc4C4=NCCCN4C23)cc1. The van der Waals surface area contributed by atoms with E-state index in [1.54, 1.807) is 12.1 Å². The lowest BCUT2D eigenvalue weighted by atomic mass is 9.92. The van der Waals surface area contributed by atoms with Crippen LogP contribution in [0, 0.1) is 10.1 Å². The van der Waals surface area contributed by atoms with Crippen LogP contribution in [0.3, 0.4) is 0 Å². The number of para-hydroxylation sites is 1. The van der Waals surface area contributed by atoms with Gasteiger partial charge in [-0.25, -0.2) is 0 Å². The van der Waals surface area contributed by atoms with E-state index in [0.29, 0.717) is 5.92 Å². The smallest absolute Gasteiger partial charge is 0.269 e. The van der Waals surface area contributed by atoms with E-state index in [9.17, 15) is 10.1 Å². The van der Waals surface area contributed by atoms with Gasteiger partial charge < -0.3 is 9.80 Å². The summed E-state index contributed by atoms with van der Waals surface area (Å²) in [5.41, 5.74) is 3.82. The summed E-state index contributed by atoms with van der Waals surface area (Å²) in [5, 5.41) is 11.0. The van der Waals surface area contributed by atoms with Crippen molar-refractivity contribution in [1.29, 1.82) is 0 Å². The minimum atomic E-state index is -0.336. The van der Waals surface area contributed by atoms with Gasteiger partial charge in [0.15, 0.2) is 0 Å². The van der Waals surface area contributed by atoms with Gasteiger partial charge in [0.05, 0.1) is 4.92 Å². The van der Waals surface area contributed by atoms with Gasteiger partial charge >= 0.3 is 0 Å². The highest BCUT2D eigenvalue weighted by Crippen LogP contribution is 2.44. The molecule has 0 aromatic heterocycles. The summed E-state index contributed by atoms with van der Waals surface area (Å²) < 4.78 is 0. The van der Waals surface area contributed by atoms with Crippen molar-refractivity contribution in [1.82, 2.24) is 4.90 Å². The summed E-state index contributed by atoms with van der Waals surface area (Å²) in [4.78, 5) is 20.4. The fourth-order valence-corrected chi connectivity index (χ4v) is 4.64. The molecule has 5 rings (SSSR count). The number of nitrogens with zero attached hydrogens (tertiary/aromatic N) is 4. The molecule has 0 bridgehead atoms. The number of nitro groups is 1. The van der Waals surface area contributed by atoms with E-state index >= 15 is 0 Å². The molecule has 2 aromatic rings. The number of nitro benzene ring substituents is 1. The number of hydrogen-bond acceptors (Lipinski definition) is 5. The quantitative estimate of drug-likeness (QED) is 0.616. The molecule has 3 heterocycles. The topological polar surface area (TPSA) is 62.0 Å². The predicted octanol–water partition coefficient (Wildman–Crippen LogP) is 3.38. The van der Waals surface area contributed by atoms with Crippen molar-refractivity contribution in [3.63, 3.8) is 0 Å². The van der Waals surface area contributed by atoms with Crippen LogP contribution in [0.25, 0.3) is 0 Å². The first-order valence-electron chi connectivity index (χ1n) is 9.15. The Morgan fingerprint density at radius 2 is 1.85 bits per heavy atom. The van der Waals surface area contributed by atoms with Gasteiger partial charge in [-0.05, 0) is 30.5 Å². The van der Waals surface area contributed by atoms with Crippen LogP contribution in [0.2, 0.25) is 0 Å². The van der Waals surface area contributed by atoms with Crippen LogP contribution in [0.15, 0.2) is 53.5 Å². The number of aliphatic imine (C=N–C) groups is 1. The second kappa shape index (κ2) is 5.83. The van der Waals surface area contributed by atoms with Crippen LogP contribution in [0.1, 0.15) is 29.9 Å². The summed E-state index contributed by atoms with van der Waals surface area (Å²) >= 11 is 0. The van der Waals surface area contributed by atoms with E-state index in [-0.39, 0.29) is 16.8 Å².